The average Bonchev–Trinajstić information content (AvgIpc) is 3.20. The molecule has 0 amide bonds. The molecule has 0 saturated carbocycles. The van der Waals surface area contributed by atoms with Crippen molar-refractivity contribution in [2.24, 2.45) is 0 Å². The van der Waals surface area contributed by atoms with Crippen LogP contribution >= 0.6 is 11.3 Å². The normalized spacial score (nSPS) is 10.1. The van der Waals surface area contributed by atoms with E-state index in [0.717, 1.165) is 22.0 Å². The van der Waals surface area contributed by atoms with Crippen molar-refractivity contribution >= 4 is 17.3 Å². The van der Waals surface area contributed by atoms with Crippen molar-refractivity contribution in [3.8, 4) is 28.5 Å². The van der Waals surface area contributed by atoms with Crippen LogP contribution in [0.25, 0.3) is 10.6 Å². The van der Waals surface area contributed by atoms with Gasteiger partial charge in [-0.1, -0.05) is 0 Å². The second-order valence-corrected chi connectivity index (χ2v) is 5.71. The molecular weight excluding hydrogens is 324 g/mol. The molecule has 0 unspecified atom stereocenters. The lowest BCUT2D eigenvalue weighted by Crippen LogP contribution is -2.07. The summed E-state index contributed by atoms with van der Waals surface area (Å²) in [7, 11) is 1.62. The van der Waals surface area contributed by atoms with Crippen LogP contribution < -0.4 is 10.5 Å². The highest BCUT2D eigenvalue weighted by Crippen LogP contribution is 2.26. The summed E-state index contributed by atoms with van der Waals surface area (Å²) in [6.07, 6.45) is 0. The fraction of sp³-hybridized carbons (Fsp3) is 0.125. The number of ether oxygens (including phenoxy) is 1. The molecule has 8 heteroatoms. The number of nitrogens with zero attached hydrogens (tertiary/aromatic N) is 5. The lowest BCUT2D eigenvalue weighted by atomic mass is 10.2. The molecule has 0 aliphatic carbocycles. The smallest absolute Gasteiger partial charge is 0.202 e. The van der Waals surface area contributed by atoms with Gasteiger partial charge in [-0.15, -0.1) is 11.3 Å². The molecule has 2 heterocycles. The molecule has 118 valence electrons. The topological polar surface area (TPSA) is 114 Å². The van der Waals surface area contributed by atoms with Crippen LogP contribution in [0.4, 0.5) is 5.95 Å². The Kier molecular flexibility index (Phi) is 4.15. The molecule has 0 aliphatic rings. The first kappa shape index (κ1) is 15.5. The standard InChI is InChI=1S/C16H12N6OS/c1-23-12-4-2-10(3-5-12)15-20-11(9-24-15)8-22-14(7-18)13(6-17)21-16(22)19/h2-5,9H,8H2,1H3,(H2,19,21). The monoisotopic (exact) mass is 336 g/mol. The number of nitrogen functional groups attached to an aromatic ring is 1. The maximum Gasteiger partial charge on any atom is 0.202 e. The van der Waals surface area contributed by atoms with Gasteiger partial charge in [0, 0.05) is 10.9 Å². The Hall–Kier alpha value is -3.36. The van der Waals surface area contributed by atoms with Crippen molar-refractivity contribution in [1.82, 2.24) is 14.5 Å². The lowest BCUT2D eigenvalue weighted by Gasteiger charge is -2.03. The Morgan fingerprint density at radius 3 is 2.58 bits per heavy atom. The summed E-state index contributed by atoms with van der Waals surface area (Å²) < 4.78 is 6.63. The Bertz CT molecular complexity index is 958. The van der Waals surface area contributed by atoms with Crippen molar-refractivity contribution in [1.29, 1.82) is 10.5 Å². The van der Waals surface area contributed by atoms with Crippen LogP contribution in [0.15, 0.2) is 29.6 Å². The van der Waals surface area contributed by atoms with E-state index in [9.17, 15) is 5.26 Å². The molecule has 0 aliphatic heterocycles. The third-order valence-corrected chi connectivity index (χ3v) is 4.36. The summed E-state index contributed by atoms with van der Waals surface area (Å²) in [5, 5.41) is 20.9. The predicted octanol–water partition coefficient (Wildman–Crippen LogP) is 2.39. The van der Waals surface area contributed by atoms with Crippen LogP contribution in [0, 0.1) is 22.7 Å². The molecule has 0 radical (unpaired) electrons. The fourth-order valence-electron chi connectivity index (χ4n) is 2.23. The van der Waals surface area contributed by atoms with Crippen LogP contribution in [-0.4, -0.2) is 21.6 Å². The number of nitrogens with two attached hydrogens (primary N) is 1. The molecule has 2 N–H and O–H groups in total. The maximum atomic E-state index is 9.21. The maximum absolute atomic E-state index is 9.21. The fourth-order valence-corrected chi connectivity index (χ4v) is 3.05. The zero-order valence-electron chi connectivity index (χ0n) is 12.7. The van der Waals surface area contributed by atoms with Crippen LogP contribution in [0.3, 0.4) is 0 Å². The highest BCUT2D eigenvalue weighted by molar-refractivity contribution is 7.13. The molecule has 24 heavy (non-hydrogen) atoms. The summed E-state index contributed by atoms with van der Waals surface area (Å²) in [5.41, 5.74) is 7.70. The number of methoxy groups -OCH3 is 1. The zero-order valence-corrected chi connectivity index (χ0v) is 13.5. The van der Waals surface area contributed by atoms with E-state index in [1.807, 2.05) is 41.8 Å². The summed E-state index contributed by atoms with van der Waals surface area (Å²) in [4.78, 5) is 8.46. The van der Waals surface area contributed by atoms with E-state index >= 15 is 0 Å². The van der Waals surface area contributed by atoms with E-state index < -0.39 is 0 Å². The van der Waals surface area contributed by atoms with Gasteiger partial charge in [0.2, 0.25) is 5.95 Å². The number of hydrogen-bond acceptors (Lipinski definition) is 7. The van der Waals surface area contributed by atoms with E-state index in [2.05, 4.69) is 9.97 Å². The van der Waals surface area contributed by atoms with Crippen LogP contribution in [-0.2, 0) is 6.54 Å². The van der Waals surface area contributed by atoms with Crippen molar-refractivity contribution in [2.75, 3.05) is 12.8 Å². The second-order valence-electron chi connectivity index (χ2n) is 4.85. The molecule has 3 aromatic rings. The molecule has 7 nitrogen and oxygen atoms in total. The van der Waals surface area contributed by atoms with Gasteiger partial charge in [0.15, 0.2) is 11.4 Å². The Labute approximate surface area is 142 Å². The predicted molar refractivity (Wildman–Crippen MR) is 89.3 cm³/mol. The van der Waals surface area contributed by atoms with E-state index in [1.165, 1.54) is 15.9 Å². The highest BCUT2D eigenvalue weighted by atomic mass is 32.1. The first-order chi connectivity index (χ1) is 11.7. The number of imidazole rings is 1. The van der Waals surface area contributed by atoms with E-state index in [-0.39, 0.29) is 23.9 Å². The minimum Gasteiger partial charge on any atom is -0.497 e. The Morgan fingerprint density at radius 1 is 1.21 bits per heavy atom. The van der Waals surface area contributed by atoms with E-state index in [0.29, 0.717) is 0 Å². The van der Waals surface area contributed by atoms with Gasteiger partial charge >= 0.3 is 0 Å². The zero-order chi connectivity index (χ0) is 17.1. The van der Waals surface area contributed by atoms with Gasteiger partial charge in [0.1, 0.15) is 22.9 Å². The van der Waals surface area contributed by atoms with Crippen molar-refractivity contribution in [3.05, 3.63) is 46.7 Å². The lowest BCUT2D eigenvalue weighted by molar-refractivity contribution is 0.415. The number of benzene rings is 1. The first-order valence-corrected chi connectivity index (χ1v) is 7.79. The Balaban J connectivity index is 1.88. The Morgan fingerprint density at radius 2 is 1.96 bits per heavy atom. The van der Waals surface area contributed by atoms with Gasteiger partial charge in [-0.3, -0.25) is 4.57 Å². The number of thiazole rings is 1. The molecule has 3 rings (SSSR count). The first-order valence-electron chi connectivity index (χ1n) is 6.91. The largest absolute Gasteiger partial charge is 0.497 e. The summed E-state index contributed by atoms with van der Waals surface area (Å²) in [6.45, 7) is 0.288. The van der Waals surface area contributed by atoms with E-state index in [1.54, 1.807) is 7.11 Å². The van der Waals surface area contributed by atoms with Crippen molar-refractivity contribution in [3.63, 3.8) is 0 Å². The third-order valence-electron chi connectivity index (χ3n) is 3.42. The van der Waals surface area contributed by atoms with Gasteiger partial charge in [-0.2, -0.15) is 10.5 Å². The van der Waals surface area contributed by atoms with Gasteiger partial charge in [-0.25, -0.2) is 9.97 Å². The van der Waals surface area contributed by atoms with Gasteiger partial charge < -0.3 is 10.5 Å². The third kappa shape index (κ3) is 2.78. The quantitative estimate of drug-likeness (QED) is 0.782. The number of rotatable bonds is 4. The molecule has 0 saturated heterocycles. The molecule has 0 atom stereocenters. The van der Waals surface area contributed by atoms with E-state index in [4.69, 9.17) is 15.7 Å². The average molecular weight is 336 g/mol. The number of anilines is 1. The van der Waals surface area contributed by atoms with Crippen molar-refractivity contribution < 1.29 is 4.74 Å². The number of nitriles is 2. The van der Waals surface area contributed by atoms with Crippen molar-refractivity contribution in [2.45, 2.75) is 6.54 Å². The number of hydrogen-bond donors (Lipinski definition) is 1. The molecule has 1 aromatic carbocycles. The van der Waals surface area contributed by atoms with Crippen LogP contribution in [0.1, 0.15) is 17.1 Å². The van der Waals surface area contributed by atoms with Gasteiger partial charge in [0.25, 0.3) is 0 Å². The summed E-state index contributed by atoms with van der Waals surface area (Å²) in [5.74, 6) is 0.909. The van der Waals surface area contributed by atoms with Crippen LogP contribution in [0.2, 0.25) is 0 Å². The SMILES string of the molecule is COc1ccc(-c2nc(Cn3c(N)nc(C#N)c3C#N)cs2)cc1. The molecule has 0 bridgehead atoms. The molecule has 2 aromatic heterocycles. The molecule has 0 fully saturated rings. The molecule has 0 spiro atoms. The highest BCUT2D eigenvalue weighted by Gasteiger charge is 2.16. The second kappa shape index (κ2) is 6.41. The van der Waals surface area contributed by atoms with Gasteiger partial charge in [0.05, 0.1) is 19.3 Å². The minimum atomic E-state index is 0.0283. The minimum absolute atomic E-state index is 0.0283. The van der Waals surface area contributed by atoms with Gasteiger partial charge in [-0.05, 0) is 24.3 Å². The molecular formula is C16H12N6OS. The van der Waals surface area contributed by atoms with Crippen LogP contribution in [0.5, 0.6) is 5.75 Å². The summed E-state index contributed by atoms with van der Waals surface area (Å²) in [6, 6.07) is 11.4. The number of aromatic nitrogens is 3. The summed E-state index contributed by atoms with van der Waals surface area (Å²) >= 11 is 1.49.